The van der Waals surface area contributed by atoms with E-state index in [9.17, 15) is 0 Å². The predicted octanol–water partition coefficient (Wildman–Crippen LogP) is 3.19. The number of rotatable bonds is 2. The zero-order valence-corrected chi connectivity index (χ0v) is 11.8. The third-order valence-corrected chi connectivity index (χ3v) is 2.37. The molecular weight excluding hydrogens is 297 g/mol. The molecule has 1 aromatic heterocycles. The summed E-state index contributed by atoms with van der Waals surface area (Å²) in [6, 6.07) is 7.18. The summed E-state index contributed by atoms with van der Waals surface area (Å²) in [5.74, 6) is 0.248. The maximum absolute atomic E-state index is 5.95. The summed E-state index contributed by atoms with van der Waals surface area (Å²) in [6.45, 7) is 0. The molecule has 4 nitrogen and oxygen atoms in total. The minimum atomic E-state index is 0. The molecule has 0 bridgehead atoms. The lowest BCUT2D eigenvalue weighted by Crippen LogP contribution is -1.99. The van der Waals surface area contributed by atoms with Crippen molar-refractivity contribution in [2.75, 3.05) is 5.32 Å². The van der Waals surface area contributed by atoms with Crippen molar-refractivity contribution in [3.05, 3.63) is 39.9 Å². The lowest BCUT2D eigenvalue weighted by atomic mass is 10.3. The molecule has 1 aromatic carbocycles. The first-order valence-electron chi connectivity index (χ1n) is 4.24. The zero-order valence-electron chi connectivity index (χ0n) is 8.36. The fourth-order valence-corrected chi connectivity index (χ4v) is 1.61. The van der Waals surface area contributed by atoms with Crippen LogP contribution in [0.5, 0.6) is 0 Å². The Morgan fingerprint density at radius 2 is 1.47 bits per heavy atom. The summed E-state index contributed by atoms with van der Waals surface area (Å²) in [7, 11) is 0. The van der Waals surface area contributed by atoms with E-state index >= 15 is 0 Å². The third-order valence-electron chi connectivity index (χ3n) is 1.70. The molecule has 1 N–H and O–H groups in total. The highest BCUT2D eigenvalue weighted by atomic mass is 35.5. The van der Waals surface area contributed by atoms with Crippen LogP contribution in [0, 0.1) is 0 Å². The Hall–Kier alpha value is -0.568. The second kappa shape index (κ2) is 6.39. The van der Waals surface area contributed by atoms with Gasteiger partial charge in [-0.05, 0) is 35.3 Å². The van der Waals surface area contributed by atoms with Crippen molar-refractivity contribution >= 4 is 63.8 Å². The van der Waals surface area contributed by atoms with Crippen LogP contribution in [0.15, 0.2) is 24.3 Å². The largest absolute Gasteiger partial charge is 0.323 e. The fourth-order valence-electron chi connectivity index (χ4n) is 1.06. The Morgan fingerprint density at radius 1 is 0.882 bits per heavy atom. The first kappa shape index (κ1) is 14.5. The van der Waals surface area contributed by atoms with E-state index in [4.69, 9.17) is 34.8 Å². The van der Waals surface area contributed by atoms with E-state index in [0.29, 0.717) is 10.7 Å². The summed E-state index contributed by atoms with van der Waals surface area (Å²) < 4.78 is 0. The summed E-state index contributed by atoms with van der Waals surface area (Å²) in [5.41, 5.74) is 0.669. The van der Waals surface area contributed by atoms with Crippen LogP contribution in [0.2, 0.25) is 15.6 Å². The van der Waals surface area contributed by atoms with Gasteiger partial charge < -0.3 is 5.32 Å². The summed E-state index contributed by atoms with van der Waals surface area (Å²) in [5, 5.41) is 3.49. The SMILES string of the molecule is Clc1nc(Cl)nc(Nc2ccccc2Cl)n1.[Al]. The Labute approximate surface area is 123 Å². The van der Waals surface area contributed by atoms with Gasteiger partial charge in [-0.15, -0.1) is 0 Å². The Kier molecular flexibility index (Phi) is 5.45. The fraction of sp³-hybridized carbons (Fsp3) is 0. The van der Waals surface area contributed by atoms with E-state index < -0.39 is 0 Å². The Morgan fingerprint density at radius 3 is 2.06 bits per heavy atom. The van der Waals surface area contributed by atoms with Crippen LogP contribution in [0.4, 0.5) is 11.6 Å². The molecule has 0 spiro atoms. The van der Waals surface area contributed by atoms with Gasteiger partial charge in [0.05, 0.1) is 10.7 Å². The molecule has 85 valence electrons. The van der Waals surface area contributed by atoms with Crippen LogP contribution in [0.1, 0.15) is 0 Å². The number of hydrogen-bond acceptors (Lipinski definition) is 4. The van der Waals surface area contributed by atoms with Gasteiger partial charge in [0.25, 0.3) is 0 Å². The van der Waals surface area contributed by atoms with Crippen molar-refractivity contribution in [2.45, 2.75) is 0 Å². The molecule has 2 aromatic rings. The minimum Gasteiger partial charge on any atom is -0.323 e. The molecule has 2 rings (SSSR count). The van der Waals surface area contributed by atoms with Crippen LogP contribution < -0.4 is 5.32 Å². The van der Waals surface area contributed by atoms with E-state index in [0.717, 1.165) is 0 Å². The quantitative estimate of drug-likeness (QED) is 0.866. The normalized spacial score (nSPS) is 9.59. The van der Waals surface area contributed by atoms with Crippen LogP contribution in [0.3, 0.4) is 0 Å². The van der Waals surface area contributed by atoms with Gasteiger partial charge in [0.2, 0.25) is 16.5 Å². The van der Waals surface area contributed by atoms with Gasteiger partial charge in [-0.25, -0.2) is 0 Å². The predicted molar refractivity (Wildman–Crippen MR) is 70.3 cm³/mol. The first-order valence-corrected chi connectivity index (χ1v) is 5.37. The van der Waals surface area contributed by atoms with E-state index in [1.54, 1.807) is 12.1 Å². The average Bonchev–Trinajstić information content (AvgIpc) is 2.20. The smallest absolute Gasteiger partial charge is 0.232 e. The lowest BCUT2D eigenvalue weighted by Gasteiger charge is -2.06. The second-order valence-electron chi connectivity index (χ2n) is 2.80. The van der Waals surface area contributed by atoms with Crippen LogP contribution >= 0.6 is 34.8 Å². The molecule has 0 unspecified atom stereocenters. The molecule has 1 heterocycles. The van der Waals surface area contributed by atoms with Gasteiger partial charge in [-0.1, -0.05) is 23.7 Å². The Balaban J connectivity index is 0.00000144. The number of benzene rings is 1. The molecule has 0 aliphatic heterocycles. The van der Waals surface area contributed by atoms with Crippen molar-refractivity contribution in [2.24, 2.45) is 0 Å². The van der Waals surface area contributed by atoms with Gasteiger partial charge in [0.1, 0.15) is 0 Å². The summed E-state index contributed by atoms with van der Waals surface area (Å²) in [6.07, 6.45) is 0. The number of para-hydroxylation sites is 1. The molecule has 0 fully saturated rings. The summed E-state index contributed by atoms with van der Waals surface area (Å²) >= 11 is 17.2. The van der Waals surface area contributed by atoms with Gasteiger partial charge in [0.15, 0.2) is 0 Å². The molecule has 0 atom stereocenters. The van der Waals surface area contributed by atoms with Crippen molar-refractivity contribution < 1.29 is 0 Å². The highest BCUT2D eigenvalue weighted by molar-refractivity contribution is 6.33. The van der Waals surface area contributed by atoms with Crippen LogP contribution in [0.25, 0.3) is 0 Å². The molecule has 0 saturated heterocycles. The van der Waals surface area contributed by atoms with E-state index in [1.807, 2.05) is 12.1 Å². The monoisotopic (exact) mass is 301 g/mol. The maximum Gasteiger partial charge on any atom is 0.232 e. The number of nitrogens with zero attached hydrogens (tertiary/aromatic N) is 3. The third kappa shape index (κ3) is 3.99. The van der Waals surface area contributed by atoms with Crippen LogP contribution in [-0.4, -0.2) is 32.3 Å². The van der Waals surface area contributed by atoms with E-state index in [1.165, 1.54) is 0 Å². The van der Waals surface area contributed by atoms with E-state index in [2.05, 4.69) is 20.3 Å². The van der Waals surface area contributed by atoms with Gasteiger partial charge >= 0.3 is 0 Å². The molecular formula is C9H5AlCl3N4. The lowest BCUT2D eigenvalue weighted by molar-refractivity contribution is 1.05. The Bertz CT molecular complexity index is 503. The van der Waals surface area contributed by atoms with E-state index in [-0.39, 0.29) is 33.9 Å². The van der Waals surface area contributed by atoms with Gasteiger partial charge in [-0.3, -0.25) is 0 Å². The number of nitrogens with one attached hydrogen (secondary N) is 1. The van der Waals surface area contributed by atoms with Crippen molar-refractivity contribution in [3.8, 4) is 0 Å². The maximum atomic E-state index is 5.95. The molecule has 0 amide bonds. The highest BCUT2D eigenvalue weighted by Crippen LogP contribution is 2.23. The van der Waals surface area contributed by atoms with Crippen molar-refractivity contribution in [3.63, 3.8) is 0 Å². The van der Waals surface area contributed by atoms with Gasteiger partial charge in [-0.2, -0.15) is 15.0 Å². The average molecular weight is 303 g/mol. The number of aromatic nitrogens is 3. The van der Waals surface area contributed by atoms with Crippen molar-refractivity contribution in [1.82, 2.24) is 15.0 Å². The highest BCUT2D eigenvalue weighted by Gasteiger charge is 2.05. The second-order valence-corrected chi connectivity index (χ2v) is 3.89. The molecule has 8 heteroatoms. The molecule has 17 heavy (non-hydrogen) atoms. The topological polar surface area (TPSA) is 50.7 Å². The minimum absolute atomic E-state index is 0. The number of hydrogen-bond donors (Lipinski definition) is 1. The number of halogens is 3. The zero-order chi connectivity index (χ0) is 11.5. The first-order chi connectivity index (χ1) is 7.65. The molecule has 0 saturated carbocycles. The molecule has 3 radical (unpaired) electrons. The van der Waals surface area contributed by atoms with Gasteiger partial charge in [0, 0.05) is 17.4 Å². The molecule has 0 aliphatic rings. The summed E-state index contributed by atoms with van der Waals surface area (Å²) in [4.78, 5) is 11.4. The number of anilines is 2. The standard InChI is InChI=1S/C9H5Cl3N4.Al/c10-5-3-1-2-4-6(5)13-9-15-7(11)14-8(12)16-9;/h1-4H,(H,13,14,15,16);. The van der Waals surface area contributed by atoms with Crippen LogP contribution in [-0.2, 0) is 0 Å². The molecule has 0 aliphatic carbocycles. The van der Waals surface area contributed by atoms with Crippen molar-refractivity contribution in [1.29, 1.82) is 0 Å².